The van der Waals surface area contributed by atoms with Crippen molar-refractivity contribution in [3.05, 3.63) is 29.8 Å². The number of esters is 1. The Labute approximate surface area is 251 Å². The van der Waals surface area contributed by atoms with Crippen molar-refractivity contribution in [3.63, 3.8) is 0 Å². The van der Waals surface area contributed by atoms with Crippen LogP contribution in [0.25, 0.3) is 0 Å². The molecule has 5 nitrogen and oxygen atoms in total. The minimum atomic E-state index is -0.0370. The third-order valence-corrected chi connectivity index (χ3v) is 11.9. The molecule has 1 heterocycles. The molecule has 3 unspecified atom stereocenters. The normalized spacial score (nSPS) is 35.1. The molecular weight excluding hydrogens is 543 g/mol. The van der Waals surface area contributed by atoms with Crippen molar-refractivity contribution in [1.29, 1.82) is 0 Å². The van der Waals surface area contributed by atoms with Gasteiger partial charge in [0.25, 0.3) is 0 Å². The van der Waals surface area contributed by atoms with Crippen LogP contribution in [0, 0.1) is 34.5 Å². The highest BCUT2D eigenvalue weighted by Crippen LogP contribution is 2.65. The summed E-state index contributed by atoms with van der Waals surface area (Å²) < 4.78 is 6.25. The van der Waals surface area contributed by atoms with E-state index in [-0.39, 0.29) is 28.8 Å². The lowest BCUT2D eigenvalue weighted by atomic mass is 9.47. The molecule has 5 rings (SSSR count). The minimum absolute atomic E-state index is 0.0370. The van der Waals surface area contributed by atoms with E-state index in [2.05, 4.69) is 48.3 Å². The number of carbonyl (C=O) groups is 2. The van der Waals surface area contributed by atoms with Crippen molar-refractivity contribution in [3.8, 4) is 0 Å². The number of ether oxygens (including phenoxy) is 1. The molecule has 0 aromatic heterocycles. The molecule has 0 spiro atoms. The van der Waals surface area contributed by atoms with Gasteiger partial charge in [0.2, 0.25) is 5.91 Å². The molecule has 1 amide bonds. The molecule has 7 heteroatoms. The van der Waals surface area contributed by atoms with Crippen LogP contribution in [0.5, 0.6) is 0 Å². The Bertz CT molecular complexity index is 1030. The molecule has 3 saturated carbocycles. The number of nitrogens with one attached hydrogen (secondary N) is 1. The smallest absolute Gasteiger partial charge is 0.306 e. The lowest BCUT2D eigenvalue weighted by molar-refractivity contribution is -0.162. The van der Waals surface area contributed by atoms with Gasteiger partial charge in [0.05, 0.1) is 0 Å². The molecule has 1 aliphatic heterocycles. The molecule has 4 fully saturated rings. The van der Waals surface area contributed by atoms with Crippen molar-refractivity contribution < 1.29 is 14.3 Å². The summed E-state index contributed by atoms with van der Waals surface area (Å²) in [5.74, 6) is 3.88. The predicted octanol–water partition coefficient (Wildman–Crippen LogP) is 6.97. The van der Waals surface area contributed by atoms with Crippen LogP contribution in [0.15, 0.2) is 24.3 Å². The van der Waals surface area contributed by atoms with Crippen LogP contribution >= 0.6 is 23.2 Å². The van der Waals surface area contributed by atoms with E-state index in [1.54, 1.807) is 0 Å². The molecular formula is C33H48Cl2N2O3. The predicted molar refractivity (Wildman–Crippen MR) is 163 cm³/mol. The lowest BCUT2D eigenvalue weighted by Crippen LogP contribution is -2.53. The number of hydrogen-bond acceptors (Lipinski definition) is 4. The maximum absolute atomic E-state index is 13.0. The quantitative estimate of drug-likeness (QED) is 0.236. The maximum atomic E-state index is 13.0. The largest absolute Gasteiger partial charge is 0.462 e. The number of benzene rings is 1. The fraction of sp³-hybridized carbons (Fsp3) is 0.758. The summed E-state index contributed by atoms with van der Waals surface area (Å²) >= 11 is 11.9. The average Bonchev–Trinajstić information content (AvgIpc) is 3.17. The molecule has 0 bridgehead atoms. The monoisotopic (exact) mass is 590 g/mol. The van der Waals surface area contributed by atoms with Gasteiger partial charge in [0.15, 0.2) is 0 Å². The van der Waals surface area contributed by atoms with Gasteiger partial charge in [-0.05, 0) is 105 Å². The molecule has 1 aromatic carbocycles. The van der Waals surface area contributed by atoms with Crippen LogP contribution < -0.4 is 10.2 Å². The number of amides is 1. The van der Waals surface area contributed by atoms with Crippen LogP contribution in [-0.4, -0.2) is 49.4 Å². The summed E-state index contributed by atoms with van der Waals surface area (Å²) in [5.41, 5.74) is 2.71. The summed E-state index contributed by atoms with van der Waals surface area (Å²) in [6, 6.07) is 8.54. The van der Waals surface area contributed by atoms with E-state index in [0.717, 1.165) is 57.4 Å². The fourth-order valence-electron chi connectivity index (χ4n) is 9.27. The van der Waals surface area contributed by atoms with Crippen molar-refractivity contribution in [2.45, 2.75) is 90.6 Å². The van der Waals surface area contributed by atoms with E-state index in [0.29, 0.717) is 48.3 Å². The van der Waals surface area contributed by atoms with Gasteiger partial charge in [-0.15, -0.1) is 23.2 Å². The second-order valence-corrected chi connectivity index (χ2v) is 14.2. The number of hydrogen-bond donors (Lipinski definition) is 1. The van der Waals surface area contributed by atoms with Gasteiger partial charge in [-0.1, -0.05) is 26.0 Å². The second kappa shape index (κ2) is 12.8. The van der Waals surface area contributed by atoms with Gasteiger partial charge >= 0.3 is 5.97 Å². The third-order valence-electron chi connectivity index (χ3n) is 11.5. The van der Waals surface area contributed by atoms with E-state index in [1.807, 2.05) is 0 Å². The highest BCUT2D eigenvalue weighted by molar-refractivity contribution is 6.18. The number of aryl methyl sites for hydroxylation is 1. The SMILES string of the molecule is C[C@]12CCNC(=O)CC1CC[C@@H]1C2CC[C@@]2(C)C1CC[C@@H]2OC(=O)CCCc1ccc(N(CCCl)CCCl)cc1. The first kappa shape index (κ1) is 30.0. The number of anilines is 1. The van der Waals surface area contributed by atoms with Gasteiger partial charge in [0.1, 0.15) is 6.10 Å². The van der Waals surface area contributed by atoms with E-state index in [9.17, 15) is 9.59 Å². The molecule has 3 aliphatic carbocycles. The second-order valence-electron chi connectivity index (χ2n) is 13.4. The van der Waals surface area contributed by atoms with Crippen LogP contribution in [0.1, 0.15) is 83.6 Å². The maximum Gasteiger partial charge on any atom is 0.306 e. The first-order valence-electron chi connectivity index (χ1n) is 15.7. The summed E-state index contributed by atoms with van der Waals surface area (Å²) in [7, 11) is 0. The average molecular weight is 592 g/mol. The fourth-order valence-corrected chi connectivity index (χ4v) is 9.68. The van der Waals surface area contributed by atoms with E-state index < -0.39 is 0 Å². The minimum Gasteiger partial charge on any atom is -0.462 e. The van der Waals surface area contributed by atoms with Crippen molar-refractivity contribution in [2.24, 2.45) is 34.5 Å². The lowest BCUT2D eigenvalue weighted by Gasteiger charge is -2.58. The Balaban J connectivity index is 1.13. The molecule has 4 aliphatic rings. The molecule has 1 N–H and O–H groups in total. The summed E-state index contributed by atoms with van der Waals surface area (Å²) in [4.78, 5) is 27.5. The molecule has 222 valence electrons. The Morgan fingerprint density at radius 1 is 0.975 bits per heavy atom. The number of fused-ring (bicyclic) bond motifs is 5. The van der Waals surface area contributed by atoms with E-state index >= 15 is 0 Å². The van der Waals surface area contributed by atoms with E-state index in [4.69, 9.17) is 27.9 Å². The van der Waals surface area contributed by atoms with Crippen LogP contribution in [0.4, 0.5) is 5.69 Å². The number of carbonyl (C=O) groups excluding carboxylic acids is 2. The molecule has 1 saturated heterocycles. The van der Waals surface area contributed by atoms with Gasteiger partial charge in [0, 0.05) is 55.3 Å². The van der Waals surface area contributed by atoms with Crippen LogP contribution in [0.3, 0.4) is 0 Å². The summed E-state index contributed by atoms with van der Waals surface area (Å²) in [6.07, 6.45) is 10.9. The van der Waals surface area contributed by atoms with Gasteiger partial charge < -0.3 is 15.0 Å². The Kier molecular flexibility index (Phi) is 9.62. The van der Waals surface area contributed by atoms with Gasteiger partial charge in [-0.2, -0.15) is 0 Å². The topological polar surface area (TPSA) is 58.6 Å². The van der Waals surface area contributed by atoms with Gasteiger partial charge in [-0.25, -0.2) is 0 Å². The number of alkyl halides is 2. The van der Waals surface area contributed by atoms with E-state index in [1.165, 1.54) is 31.2 Å². The molecule has 0 radical (unpaired) electrons. The molecule has 7 atom stereocenters. The Morgan fingerprint density at radius 2 is 1.70 bits per heavy atom. The van der Waals surface area contributed by atoms with Crippen LogP contribution in [-0.2, 0) is 20.7 Å². The van der Waals surface area contributed by atoms with Crippen molar-refractivity contribution in [2.75, 3.05) is 36.3 Å². The third kappa shape index (κ3) is 6.02. The number of halogens is 2. The standard InChI is InChI=1S/C33H48Cl2N2O3/c1-32-16-19-36-30(38)22-24(32)8-11-26-27-12-13-29(33(27,2)15-14-28(26)32)40-31(39)5-3-4-23-6-9-25(10-7-23)37(20-17-34)21-18-35/h6-7,9-10,24,26-29H,3-5,8,11-22H2,1-2H3,(H,36,38)/t24?,26-,27?,28?,29-,32-,33-/m0/s1. The highest BCUT2D eigenvalue weighted by Gasteiger charge is 2.60. The first-order chi connectivity index (χ1) is 19.3. The Hall–Kier alpha value is -1.46. The zero-order valence-electron chi connectivity index (χ0n) is 24.4. The molecule has 40 heavy (non-hydrogen) atoms. The number of nitrogens with zero attached hydrogens (tertiary/aromatic N) is 1. The zero-order valence-corrected chi connectivity index (χ0v) is 25.9. The van der Waals surface area contributed by atoms with Crippen molar-refractivity contribution >= 4 is 40.8 Å². The van der Waals surface area contributed by atoms with Crippen molar-refractivity contribution in [1.82, 2.24) is 5.32 Å². The first-order valence-corrected chi connectivity index (χ1v) is 16.8. The Morgan fingerprint density at radius 3 is 2.42 bits per heavy atom. The highest BCUT2D eigenvalue weighted by atomic mass is 35.5. The number of rotatable bonds is 10. The van der Waals surface area contributed by atoms with Gasteiger partial charge in [-0.3, -0.25) is 9.59 Å². The molecule has 1 aromatic rings. The summed E-state index contributed by atoms with van der Waals surface area (Å²) in [6.45, 7) is 7.26. The summed E-state index contributed by atoms with van der Waals surface area (Å²) in [5, 5.41) is 3.14. The zero-order chi connectivity index (χ0) is 28.3. The van der Waals surface area contributed by atoms with Crippen LogP contribution in [0.2, 0.25) is 0 Å².